The average molecular weight is 431 g/mol. The predicted molar refractivity (Wildman–Crippen MR) is 116 cm³/mol. The Bertz CT molecular complexity index is 1290. The zero-order valence-electron chi connectivity index (χ0n) is 17.1. The number of benzene rings is 4. The van der Waals surface area contributed by atoms with Gasteiger partial charge >= 0.3 is 0 Å². The summed E-state index contributed by atoms with van der Waals surface area (Å²) in [6.45, 7) is 1.88. The summed E-state index contributed by atoms with van der Waals surface area (Å²) >= 11 is 0. The van der Waals surface area contributed by atoms with Gasteiger partial charge in [-0.05, 0) is 72.0 Å². The Kier molecular flexibility index (Phi) is 5.79. The molecule has 0 fully saturated rings. The summed E-state index contributed by atoms with van der Waals surface area (Å²) in [4.78, 5) is 0. The smallest absolute Gasteiger partial charge is 0.134 e. The van der Waals surface area contributed by atoms with Crippen LogP contribution in [0.4, 0.5) is 17.6 Å². The van der Waals surface area contributed by atoms with Gasteiger partial charge in [0.25, 0.3) is 0 Å². The molecule has 0 aliphatic carbocycles. The van der Waals surface area contributed by atoms with Crippen molar-refractivity contribution in [2.45, 2.75) is 13.3 Å². The van der Waals surface area contributed by atoms with Gasteiger partial charge in [-0.2, -0.15) is 5.26 Å². The highest BCUT2D eigenvalue weighted by atomic mass is 19.1. The van der Waals surface area contributed by atoms with Gasteiger partial charge in [0.2, 0.25) is 0 Å². The molecule has 0 aliphatic rings. The summed E-state index contributed by atoms with van der Waals surface area (Å²) in [5.74, 6) is -3.05. The molecule has 0 aromatic heterocycles. The van der Waals surface area contributed by atoms with E-state index in [1.165, 1.54) is 36.4 Å². The maximum absolute atomic E-state index is 14.7. The molecule has 32 heavy (non-hydrogen) atoms. The van der Waals surface area contributed by atoms with Crippen molar-refractivity contribution in [1.82, 2.24) is 0 Å². The van der Waals surface area contributed by atoms with Crippen molar-refractivity contribution in [3.63, 3.8) is 0 Å². The molecule has 0 saturated heterocycles. The van der Waals surface area contributed by atoms with E-state index in [4.69, 9.17) is 5.26 Å². The maximum atomic E-state index is 14.7. The van der Waals surface area contributed by atoms with Crippen LogP contribution in [-0.4, -0.2) is 0 Å². The second-order valence-electron chi connectivity index (χ2n) is 7.60. The van der Waals surface area contributed by atoms with E-state index in [1.54, 1.807) is 24.3 Å². The Morgan fingerprint density at radius 3 is 1.38 bits per heavy atom. The second-order valence-corrected chi connectivity index (χ2v) is 7.60. The van der Waals surface area contributed by atoms with Crippen LogP contribution in [0.3, 0.4) is 0 Å². The van der Waals surface area contributed by atoms with Gasteiger partial charge in [-0.25, -0.2) is 17.6 Å². The first-order valence-corrected chi connectivity index (χ1v) is 9.89. The fourth-order valence-electron chi connectivity index (χ4n) is 3.67. The third-order valence-electron chi connectivity index (χ3n) is 5.25. The van der Waals surface area contributed by atoms with Crippen molar-refractivity contribution in [2.24, 2.45) is 0 Å². The van der Waals surface area contributed by atoms with E-state index in [-0.39, 0.29) is 28.7 Å². The largest absolute Gasteiger partial charge is 0.206 e. The van der Waals surface area contributed by atoms with Crippen molar-refractivity contribution in [1.29, 1.82) is 5.26 Å². The van der Waals surface area contributed by atoms with Crippen LogP contribution in [-0.2, 0) is 6.42 Å². The minimum absolute atomic E-state index is 0.0382. The van der Waals surface area contributed by atoms with Crippen LogP contribution in [0.2, 0.25) is 0 Å². The third-order valence-corrected chi connectivity index (χ3v) is 5.25. The molecule has 4 rings (SSSR count). The van der Waals surface area contributed by atoms with Crippen LogP contribution in [0.25, 0.3) is 22.3 Å². The van der Waals surface area contributed by atoms with Crippen molar-refractivity contribution in [2.75, 3.05) is 0 Å². The van der Waals surface area contributed by atoms with E-state index in [1.807, 2.05) is 13.0 Å². The Morgan fingerprint density at radius 1 is 0.625 bits per heavy atom. The SMILES string of the molecule is Cc1ccc(-c2c(F)cc(Cc3cc(F)c(-c4ccc(C#N)cc4)c(F)c3)cc2F)cc1. The molecule has 0 saturated carbocycles. The minimum atomic E-state index is -0.790. The quantitative estimate of drug-likeness (QED) is 0.310. The molecule has 0 unspecified atom stereocenters. The standard InChI is InChI=1S/C27H17F4N/c1-16-2-6-20(7-3-16)26-22(28)11-18(12-23(26)29)10-19-13-24(30)27(25(31)14-19)21-8-4-17(15-32)5-9-21/h2-9,11-14H,10H2,1H3. The van der Waals surface area contributed by atoms with Crippen LogP contribution in [0.15, 0.2) is 72.8 Å². The molecule has 0 radical (unpaired) electrons. The van der Waals surface area contributed by atoms with E-state index in [0.29, 0.717) is 16.7 Å². The van der Waals surface area contributed by atoms with Gasteiger partial charge in [-0.15, -0.1) is 0 Å². The highest BCUT2D eigenvalue weighted by Gasteiger charge is 2.16. The van der Waals surface area contributed by atoms with Gasteiger partial charge in [-0.3, -0.25) is 0 Å². The third kappa shape index (κ3) is 4.26. The summed E-state index contributed by atoms with van der Waals surface area (Å²) in [6, 6.07) is 19.3. The van der Waals surface area contributed by atoms with Crippen LogP contribution in [0, 0.1) is 41.5 Å². The molecule has 0 amide bonds. The van der Waals surface area contributed by atoms with E-state index < -0.39 is 23.3 Å². The van der Waals surface area contributed by atoms with Crippen molar-refractivity contribution in [3.8, 4) is 28.3 Å². The fraction of sp³-hybridized carbons (Fsp3) is 0.0741. The molecule has 0 bridgehead atoms. The lowest BCUT2D eigenvalue weighted by Crippen LogP contribution is -1.99. The first kappa shape index (κ1) is 21.3. The van der Waals surface area contributed by atoms with Gasteiger partial charge in [0.1, 0.15) is 23.3 Å². The molecule has 0 N–H and O–H groups in total. The summed E-state index contributed by atoms with van der Waals surface area (Å²) < 4.78 is 58.8. The Labute approximate surface area is 183 Å². The monoisotopic (exact) mass is 431 g/mol. The van der Waals surface area contributed by atoms with E-state index >= 15 is 0 Å². The second kappa shape index (κ2) is 8.68. The summed E-state index contributed by atoms with van der Waals surface area (Å²) in [7, 11) is 0. The number of hydrogen-bond donors (Lipinski definition) is 0. The van der Waals surface area contributed by atoms with Crippen molar-refractivity contribution >= 4 is 0 Å². The molecule has 158 valence electrons. The lowest BCUT2D eigenvalue weighted by atomic mass is 9.96. The van der Waals surface area contributed by atoms with Crippen molar-refractivity contribution < 1.29 is 17.6 Å². The van der Waals surface area contributed by atoms with E-state index in [0.717, 1.165) is 17.7 Å². The van der Waals surface area contributed by atoms with Crippen LogP contribution >= 0.6 is 0 Å². The average Bonchev–Trinajstić information content (AvgIpc) is 2.74. The number of hydrogen-bond acceptors (Lipinski definition) is 1. The predicted octanol–water partition coefficient (Wildman–Crippen LogP) is 7.35. The summed E-state index contributed by atoms with van der Waals surface area (Å²) in [6.07, 6.45) is -0.0382. The molecule has 4 aromatic rings. The van der Waals surface area contributed by atoms with Gasteiger partial charge in [-0.1, -0.05) is 42.0 Å². The number of nitriles is 1. The lowest BCUT2D eigenvalue weighted by Gasteiger charge is -2.11. The van der Waals surface area contributed by atoms with E-state index in [9.17, 15) is 17.6 Å². The highest BCUT2D eigenvalue weighted by molar-refractivity contribution is 5.67. The normalized spacial score (nSPS) is 10.8. The number of nitrogens with zero attached hydrogens (tertiary/aromatic N) is 1. The van der Waals surface area contributed by atoms with E-state index in [2.05, 4.69) is 0 Å². The molecule has 1 nitrogen and oxygen atoms in total. The van der Waals surface area contributed by atoms with Gasteiger partial charge in [0.05, 0.1) is 22.8 Å². The van der Waals surface area contributed by atoms with Gasteiger partial charge in [0.15, 0.2) is 0 Å². The van der Waals surface area contributed by atoms with Crippen molar-refractivity contribution in [3.05, 3.63) is 118 Å². The molecular weight excluding hydrogens is 414 g/mol. The first-order chi connectivity index (χ1) is 15.4. The number of halogens is 4. The molecular formula is C27H17F4N. The van der Waals surface area contributed by atoms with Crippen LogP contribution in [0.1, 0.15) is 22.3 Å². The minimum Gasteiger partial charge on any atom is -0.206 e. The zero-order valence-corrected chi connectivity index (χ0v) is 17.1. The molecule has 0 aliphatic heterocycles. The Balaban J connectivity index is 1.64. The molecule has 0 heterocycles. The Morgan fingerprint density at radius 2 is 1.00 bits per heavy atom. The number of rotatable bonds is 4. The van der Waals surface area contributed by atoms with Gasteiger partial charge < -0.3 is 0 Å². The first-order valence-electron chi connectivity index (χ1n) is 9.89. The number of aryl methyl sites for hydroxylation is 1. The molecule has 4 aromatic carbocycles. The summed E-state index contributed by atoms with van der Waals surface area (Å²) in [5, 5.41) is 8.87. The molecule has 5 heteroatoms. The highest BCUT2D eigenvalue weighted by Crippen LogP contribution is 2.31. The van der Waals surface area contributed by atoms with Crippen LogP contribution in [0.5, 0.6) is 0 Å². The van der Waals surface area contributed by atoms with Crippen LogP contribution < -0.4 is 0 Å². The topological polar surface area (TPSA) is 23.8 Å². The fourth-order valence-corrected chi connectivity index (χ4v) is 3.67. The Hall–Kier alpha value is -3.91. The maximum Gasteiger partial charge on any atom is 0.134 e. The molecule has 0 atom stereocenters. The molecule has 0 spiro atoms. The van der Waals surface area contributed by atoms with Gasteiger partial charge in [0, 0.05) is 0 Å². The lowest BCUT2D eigenvalue weighted by molar-refractivity contribution is 0.584. The summed E-state index contributed by atoms with van der Waals surface area (Å²) in [5.41, 5.74) is 2.22. The zero-order chi connectivity index (χ0) is 22.8.